The Balaban J connectivity index is 1.96. The van der Waals surface area contributed by atoms with E-state index in [0.717, 1.165) is 11.3 Å². The predicted octanol–water partition coefficient (Wildman–Crippen LogP) is 3.50. The molecule has 1 N–H and O–H groups in total. The number of carboxylic acids is 1. The zero-order chi connectivity index (χ0) is 15.0. The third-order valence-electron chi connectivity index (χ3n) is 3.73. The van der Waals surface area contributed by atoms with Gasteiger partial charge in [-0.3, -0.25) is 0 Å². The third kappa shape index (κ3) is 2.59. The SMILES string of the molecule is O=C(O)C1Cc2ccccc2N1Cc1ccc(F)cc1Cl. The lowest BCUT2D eigenvalue weighted by atomic mass is 10.1. The topological polar surface area (TPSA) is 40.5 Å². The fourth-order valence-electron chi connectivity index (χ4n) is 2.70. The maximum Gasteiger partial charge on any atom is 0.326 e. The maximum atomic E-state index is 13.1. The molecule has 0 radical (unpaired) electrons. The number of halogens is 2. The van der Waals surface area contributed by atoms with Crippen LogP contribution in [0.25, 0.3) is 0 Å². The summed E-state index contributed by atoms with van der Waals surface area (Å²) < 4.78 is 13.1. The number of hydrogen-bond donors (Lipinski definition) is 1. The van der Waals surface area contributed by atoms with Crippen LogP contribution in [-0.4, -0.2) is 17.1 Å². The summed E-state index contributed by atoms with van der Waals surface area (Å²) in [6.45, 7) is 0.340. The molecule has 5 heteroatoms. The van der Waals surface area contributed by atoms with Gasteiger partial charge in [-0.1, -0.05) is 35.9 Å². The smallest absolute Gasteiger partial charge is 0.326 e. The fourth-order valence-corrected chi connectivity index (χ4v) is 2.93. The van der Waals surface area contributed by atoms with E-state index < -0.39 is 17.8 Å². The Labute approximate surface area is 126 Å². The molecule has 2 aromatic carbocycles. The van der Waals surface area contributed by atoms with Gasteiger partial charge < -0.3 is 10.0 Å². The molecule has 3 rings (SSSR count). The number of carboxylic acid groups (broad SMARTS) is 1. The number of carbonyl (C=O) groups is 1. The molecule has 1 atom stereocenters. The van der Waals surface area contributed by atoms with Crippen molar-refractivity contribution in [3.05, 3.63) is 64.4 Å². The molecule has 21 heavy (non-hydrogen) atoms. The molecule has 1 aliphatic rings. The minimum Gasteiger partial charge on any atom is -0.480 e. The highest BCUT2D eigenvalue weighted by atomic mass is 35.5. The van der Waals surface area contributed by atoms with E-state index in [1.165, 1.54) is 12.1 Å². The van der Waals surface area contributed by atoms with Crippen molar-refractivity contribution >= 4 is 23.3 Å². The first-order valence-corrected chi connectivity index (χ1v) is 6.95. The summed E-state index contributed by atoms with van der Waals surface area (Å²) in [4.78, 5) is 13.3. The third-order valence-corrected chi connectivity index (χ3v) is 4.08. The number of fused-ring (bicyclic) bond motifs is 1. The Hall–Kier alpha value is -2.07. The van der Waals surface area contributed by atoms with Crippen molar-refractivity contribution in [2.24, 2.45) is 0 Å². The molecule has 3 nitrogen and oxygen atoms in total. The largest absolute Gasteiger partial charge is 0.480 e. The first-order valence-electron chi connectivity index (χ1n) is 6.57. The molecule has 0 spiro atoms. The number of benzene rings is 2. The van der Waals surface area contributed by atoms with E-state index in [2.05, 4.69) is 0 Å². The Morgan fingerprint density at radius 2 is 2.10 bits per heavy atom. The van der Waals surface area contributed by atoms with Crippen molar-refractivity contribution in [3.8, 4) is 0 Å². The van der Waals surface area contributed by atoms with Crippen LogP contribution >= 0.6 is 11.6 Å². The normalized spacial score (nSPS) is 16.9. The van der Waals surface area contributed by atoms with Crippen molar-refractivity contribution in [2.75, 3.05) is 4.90 Å². The van der Waals surface area contributed by atoms with E-state index in [1.807, 2.05) is 24.3 Å². The summed E-state index contributed by atoms with van der Waals surface area (Å²) in [6, 6.07) is 11.1. The molecule has 0 bridgehead atoms. The molecule has 2 aromatic rings. The summed E-state index contributed by atoms with van der Waals surface area (Å²) in [5.74, 6) is -1.27. The Morgan fingerprint density at radius 3 is 2.81 bits per heavy atom. The van der Waals surface area contributed by atoms with E-state index in [0.29, 0.717) is 23.6 Å². The van der Waals surface area contributed by atoms with Crippen LogP contribution in [-0.2, 0) is 17.8 Å². The van der Waals surface area contributed by atoms with Crippen LogP contribution in [0.15, 0.2) is 42.5 Å². The van der Waals surface area contributed by atoms with Crippen LogP contribution in [0, 0.1) is 5.82 Å². The second-order valence-corrected chi connectivity index (χ2v) is 5.46. The second-order valence-electron chi connectivity index (χ2n) is 5.05. The molecule has 1 aliphatic heterocycles. The predicted molar refractivity (Wildman–Crippen MR) is 79.2 cm³/mol. The summed E-state index contributed by atoms with van der Waals surface area (Å²) >= 11 is 6.05. The van der Waals surface area contributed by atoms with Gasteiger partial charge in [0, 0.05) is 23.7 Å². The van der Waals surface area contributed by atoms with Gasteiger partial charge >= 0.3 is 5.97 Å². The van der Waals surface area contributed by atoms with Gasteiger partial charge in [0.15, 0.2) is 0 Å². The molecular weight excluding hydrogens is 293 g/mol. The van der Waals surface area contributed by atoms with Crippen LogP contribution in [0.1, 0.15) is 11.1 Å². The summed E-state index contributed by atoms with van der Waals surface area (Å²) in [7, 11) is 0. The van der Waals surface area contributed by atoms with Gasteiger partial charge in [-0.15, -0.1) is 0 Å². The molecule has 1 unspecified atom stereocenters. The minimum absolute atomic E-state index is 0.309. The van der Waals surface area contributed by atoms with Crippen molar-refractivity contribution in [3.63, 3.8) is 0 Å². The highest BCUT2D eigenvalue weighted by Gasteiger charge is 2.34. The number of hydrogen-bond acceptors (Lipinski definition) is 2. The van der Waals surface area contributed by atoms with Gasteiger partial charge in [-0.05, 0) is 29.3 Å². The maximum absolute atomic E-state index is 13.1. The van der Waals surface area contributed by atoms with E-state index in [-0.39, 0.29) is 0 Å². The van der Waals surface area contributed by atoms with Crippen LogP contribution < -0.4 is 4.90 Å². The van der Waals surface area contributed by atoms with Crippen LogP contribution in [0.2, 0.25) is 5.02 Å². The van der Waals surface area contributed by atoms with Crippen molar-refractivity contribution in [2.45, 2.75) is 19.0 Å². The average Bonchev–Trinajstić information content (AvgIpc) is 2.81. The Kier molecular flexibility index (Phi) is 3.55. The summed E-state index contributed by atoms with van der Waals surface area (Å²) in [5, 5.41) is 9.72. The highest BCUT2D eigenvalue weighted by molar-refractivity contribution is 6.31. The molecule has 0 saturated heterocycles. The number of anilines is 1. The van der Waals surface area contributed by atoms with Crippen LogP contribution in [0.4, 0.5) is 10.1 Å². The van der Waals surface area contributed by atoms with Gasteiger partial charge in [-0.25, -0.2) is 9.18 Å². The molecule has 0 aliphatic carbocycles. The molecular formula is C16H13ClFNO2. The summed E-state index contributed by atoms with van der Waals surface area (Å²) in [5.41, 5.74) is 2.61. The van der Waals surface area contributed by atoms with Gasteiger partial charge in [0.1, 0.15) is 11.9 Å². The average molecular weight is 306 g/mol. The fraction of sp³-hybridized carbons (Fsp3) is 0.188. The first-order chi connectivity index (χ1) is 10.1. The van der Waals surface area contributed by atoms with Crippen molar-refractivity contribution < 1.29 is 14.3 Å². The number of para-hydroxylation sites is 1. The standard InChI is InChI=1S/C16H13ClFNO2/c17-13-8-12(18)6-5-11(13)9-19-14-4-2-1-3-10(14)7-15(19)16(20)21/h1-6,8,15H,7,9H2,(H,20,21). The van der Waals surface area contributed by atoms with Gasteiger partial charge in [0.25, 0.3) is 0 Å². The van der Waals surface area contributed by atoms with Crippen LogP contribution in [0.3, 0.4) is 0 Å². The number of aliphatic carboxylic acids is 1. The highest BCUT2D eigenvalue weighted by Crippen LogP contribution is 2.34. The minimum atomic E-state index is -0.871. The molecule has 0 aromatic heterocycles. The second kappa shape index (κ2) is 5.37. The first kappa shape index (κ1) is 13.9. The molecule has 0 amide bonds. The van der Waals surface area contributed by atoms with Gasteiger partial charge in [0.2, 0.25) is 0 Å². The number of nitrogens with zero attached hydrogens (tertiary/aromatic N) is 1. The van der Waals surface area contributed by atoms with Crippen molar-refractivity contribution in [1.29, 1.82) is 0 Å². The number of rotatable bonds is 3. The molecule has 1 heterocycles. The molecule has 0 fully saturated rings. The zero-order valence-electron chi connectivity index (χ0n) is 11.1. The van der Waals surface area contributed by atoms with E-state index in [1.54, 1.807) is 11.0 Å². The van der Waals surface area contributed by atoms with E-state index >= 15 is 0 Å². The zero-order valence-corrected chi connectivity index (χ0v) is 11.8. The van der Waals surface area contributed by atoms with Gasteiger partial charge in [-0.2, -0.15) is 0 Å². The van der Waals surface area contributed by atoms with E-state index in [4.69, 9.17) is 11.6 Å². The lowest BCUT2D eigenvalue weighted by Crippen LogP contribution is -2.38. The lowest BCUT2D eigenvalue weighted by Gasteiger charge is -2.25. The van der Waals surface area contributed by atoms with Gasteiger partial charge in [0.05, 0.1) is 0 Å². The van der Waals surface area contributed by atoms with Crippen molar-refractivity contribution in [1.82, 2.24) is 0 Å². The Morgan fingerprint density at radius 1 is 1.33 bits per heavy atom. The quantitative estimate of drug-likeness (QED) is 0.943. The summed E-state index contributed by atoms with van der Waals surface area (Å²) in [6.07, 6.45) is 0.463. The van der Waals surface area contributed by atoms with E-state index in [9.17, 15) is 14.3 Å². The van der Waals surface area contributed by atoms with Crippen LogP contribution in [0.5, 0.6) is 0 Å². The molecule has 108 valence electrons. The lowest BCUT2D eigenvalue weighted by molar-refractivity contribution is -0.138. The Bertz CT molecular complexity index is 704. The monoisotopic (exact) mass is 305 g/mol. The molecule has 0 saturated carbocycles.